The maximum absolute atomic E-state index is 12.6. The normalized spacial score (nSPS) is 20.9. The van der Waals surface area contributed by atoms with Gasteiger partial charge >= 0.3 is 5.97 Å². The molecule has 0 aliphatic heterocycles. The highest BCUT2D eigenvalue weighted by Crippen LogP contribution is 2.35. The molecule has 1 unspecified atom stereocenters. The molecule has 1 heterocycles. The van der Waals surface area contributed by atoms with Gasteiger partial charge in [-0.05, 0) is 49.7 Å². The van der Waals surface area contributed by atoms with Crippen molar-refractivity contribution in [3.05, 3.63) is 21.4 Å². The van der Waals surface area contributed by atoms with Gasteiger partial charge in [0, 0.05) is 10.9 Å². The lowest BCUT2D eigenvalue weighted by Crippen LogP contribution is -2.37. The molecule has 1 amide bonds. The van der Waals surface area contributed by atoms with E-state index in [-0.39, 0.29) is 18.5 Å². The maximum Gasteiger partial charge on any atom is 0.323 e. The number of hydrogen-bond donors (Lipinski definition) is 1. The average Bonchev–Trinajstić information content (AvgIpc) is 3.21. The van der Waals surface area contributed by atoms with Crippen LogP contribution in [0.25, 0.3) is 0 Å². The molecule has 1 atom stereocenters. The summed E-state index contributed by atoms with van der Waals surface area (Å²) in [5.74, 6) is -0.288. The van der Waals surface area contributed by atoms with Crippen LogP contribution in [0.2, 0.25) is 0 Å². The van der Waals surface area contributed by atoms with Crippen molar-refractivity contribution in [2.45, 2.75) is 51.5 Å². The number of thiophene rings is 1. The standard InChI is InChI=1S/C16H21NO3S/c1-2-10-3-6-13-11(7-10)8-14(21-13)16(20)17(9-15(18)19)12-4-5-12/h8,10,12H,2-7,9H2,1H3,(H,18,19). The molecule has 114 valence electrons. The van der Waals surface area contributed by atoms with E-state index in [4.69, 9.17) is 5.11 Å². The number of nitrogens with zero attached hydrogens (tertiary/aromatic N) is 1. The van der Waals surface area contributed by atoms with E-state index < -0.39 is 5.97 Å². The molecule has 0 spiro atoms. The van der Waals surface area contributed by atoms with Gasteiger partial charge in [-0.15, -0.1) is 11.3 Å². The number of rotatable bonds is 5. The molecule has 21 heavy (non-hydrogen) atoms. The van der Waals surface area contributed by atoms with Gasteiger partial charge in [-0.3, -0.25) is 9.59 Å². The number of fused-ring (bicyclic) bond motifs is 1. The van der Waals surface area contributed by atoms with Crippen LogP contribution in [-0.4, -0.2) is 34.5 Å². The van der Waals surface area contributed by atoms with Gasteiger partial charge in [0.2, 0.25) is 0 Å². The minimum absolute atomic E-state index is 0.0904. The molecule has 0 radical (unpaired) electrons. The molecule has 1 aromatic heterocycles. The van der Waals surface area contributed by atoms with Crippen LogP contribution in [0.5, 0.6) is 0 Å². The van der Waals surface area contributed by atoms with E-state index in [1.54, 1.807) is 11.3 Å². The Bertz CT molecular complexity index is 562. The van der Waals surface area contributed by atoms with Gasteiger partial charge in [-0.1, -0.05) is 13.3 Å². The molecule has 0 bridgehead atoms. The van der Waals surface area contributed by atoms with Crippen molar-refractivity contribution in [1.29, 1.82) is 0 Å². The molecule has 3 rings (SSSR count). The summed E-state index contributed by atoms with van der Waals surface area (Å²) in [5.41, 5.74) is 1.31. The van der Waals surface area contributed by atoms with Crippen LogP contribution < -0.4 is 0 Å². The second-order valence-corrected chi connectivity index (χ2v) is 7.27. The van der Waals surface area contributed by atoms with Crippen molar-refractivity contribution >= 4 is 23.2 Å². The lowest BCUT2D eigenvalue weighted by molar-refractivity contribution is -0.137. The molecular weight excluding hydrogens is 286 g/mol. The number of carbonyl (C=O) groups excluding carboxylic acids is 1. The van der Waals surface area contributed by atoms with E-state index in [0.29, 0.717) is 0 Å². The fourth-order valence-corrected chi connectivity index (χ4v) is 4.26. The van der Waals surface area contributed by atoms with E-state index in [1.165, 1.54) is 28.2 Å². The Kier molecular flexibility index (Phi) is 4.02. The lowest BCUT2D eigenvalue weighted by Gasteiger charge is -2.19. The Morgan fingerprint density at radius 1 is 1.38 bits per heavy atom. The lowest BCUT2D eigenvalue weighted by atomic mass is 9.87. The van der Waals surface area contributed by atoms with Gasteiger partial charge in [-0.2, -0.15) is 0 Å². The minimum atomic E-state index is -0.928. The zero-order chi connectivity index (χ0) is 15.0. The first kappa shape index (κ1) is 14.6. The van der Waals surface area contributed by atoms with Crippen molar-refractivity contribution in [3.63, 3.8) is 0 Å². The largest absolute Gasteiger partial charge is 0.480 e. The first-order chi connectivity index (χ1) is 10.1. The number of aryl methyl sites for hydroxylation is 1. The topological polar surface area (TPSA) is 57.6 Å². The van der Waals surface area contributed by atoms with Crippen LogP contribution >= 0.6 is 11.3 Å². The number of hydrogen-bond acceptors (Lipinski definition) is 3. The SMILES string of the molecule is CCC1CCc2sc(C(=O)N(CC(=O)O)C3CC3)cc2C1. The molecule has 0 saturated heterocycles. The summed E-state index contributed by atoms with van der Waals surface area (Å²) in [6.07, 6.45) is 6.39. The Balaban J connectivity index is 1.78. The van der Waals surface area contributed by atoms with Crippen LogP contribution in [0, 0.1) is 5.92 Å². The second-order valence-electron chi connectivity index (χ2n) is 6.13. The molecule has 1 fully saturated rings. The minimum Gasteiger partial charge on any atom is -0.480 e. The van der Waals surface area contributed by atoms with Gasteiger partial charge in [0.15, 0.2) is 0 Å². The summed E-state index contributed by atoms with van der Waals surface area (Å²) in [6.45, 7) is 2.04. The van der Waals surface area contributed by atoms with E-state index >= 15 is 0 Å². The Labute approximate surface area is 128 Å². The fourth-order valence-electron chi connectivity index (χ4n) is 3.09. The Hall–Kier alpha value is -1.36. The van der Waals surface area contributed by atoms with Gasteiger partial charge in [0.25, 0.3) is 5.91 Å². The first-order valence-electron chi connectivity index (χ1n) is 7.72. The summed E-state index contributed by atoms with van der Waals surface area (Å²) in [4.78, 5) is 27.2. The smallest absolute Gasteiger partial charge is 0.323 e. The zero-order valence-electron chi connectivity index (χ0n) is 12.3. The summed E-state index contributed by atoms with van der Waals surface area (Å²) in [6, 6.07) is 2.15. The van der Waals surface area contributed by atoms with Crippen molar-refractivity contribution < 1.29 is 14.7 Å². The molecule has 1 N–H and O–H groups in total. The van der Waals surface area contributed by atoms with Crippen LogP contribution in [-0.2, 0) is 17.6 Å². The number of carbonyl (C=O) groups is 2. The van der Waals surface area contributed by atoms with Gasteiger partial charge < -0.3 is 10.0 Å². The predicted octanol–water partition coefficient (Wildman–Crippen LogP) is 2.95. The highest BCUT2D eigenvalue weighted by atomic mass is 32.1. The molecule has 5 heteroatoms. The predicted molar refractivity (Wildman–Crippen MR) is 81.8 cm³/mol. The average molecular weight is 307 g/mol. The van der Waals surface area contributed by atoms with Gasteiger partial charge in [-0.25, -0.2) is 0 Å². The van der Waals surface area contributed by atoms with E-state index in [1.807, 2.05) is 6.07 Å². The van der Waals surface area contributed by atoms with Crippen LogP contribution in [0.1, 0.15) is 52.7 Å². The van der Waals surface area contributed by atoms with Crippen LogP contribution in [0.15, 0.2) is 6.07 Å². The van der Waals surface area contributed by atoms with Crippen molar-refractivity contribution in [3.8, 4) is 0 Å². The third-order valence-electron chi connectivity index (χ3n) is 4.53. The molecule has 1 aromatic rings. The summed E-state index contributed by atoms with van der Waals surface area (Å²) in [5, 5.41) is 8.99. The molecule has 2 aliphatic carbocycles. The highest BCUT2D eigenvalue weighted by molar-refractivity contribution is 7.14. The summed E-state index contributed by atoms with van der Waals surface area (Å²) < 4.78 is 0. The Morgan fingerprint density at radius 2 is 2.14 bits per heavy atom. The van der Waals surface area contributed by atoms with Gasteiger partial charge in [0.1, 0.15) is 6.54 Å². The van der Waals surface area contributed by atoms with E-state index in [9.17, 15) is 9.59 Å². The van der Waals surface area contributed by atoms with Gasteiger partial charge in [0.05, 0.1) is 4.88 Å². The summed E-state index contributed by atoms with van der Waals surface area (Å²) >= 11 is 1.57. The summed E-state index contributed by atoms with van der Waals surface area (Å²) in [7, 11) is 0. The number of carboxylic acids is 1. The third kappa shape index (κ3) is 3.12. The highest BCUT2D eigenvalue weighted by Gasteiger charge is 2.35. The van der Waals surface area contributed by atoms with Crippen molar-refractivity contribution in [1.82, 2.24) is 4.90 Å². The molecule has 0 aromatic carbocycles. The molecule has 2 aliphatic rings. The van der Waals surface area contributed by atoms with E-state index in [0.717, 1.165) is 36.5 Å². The maximum atomic E-state index is 12.6. The van der Waals surface area contributed by atoms with Crippen molar-refractivity contribution in [2.24, 2.45) is 5.92 Å². The Morgan fingerprint density at radius 3 is 2.76 bits per heavy atom. The number of aliphatic carboxylic acids is 1. The van der Waals surface area contributed by atoms with Crippen LogP contribution in [0.3, 0.4) is 0 Å². The quantitative estimate of drug-likeness (QED) is 0.910. The monoisotopic (exact) mass is 307 g/mol. The number of carboxylic acid groups (broad SMARTS) is 1. The zero-order valence-corrected chi connectivity index (χ0v) is 13.1. The fraction of sp³-hybridized carbons (Fsp3) is 0.625. The second kappa shape index (κ2) is 5.79. The van der Waals surface area contributed by atoms with Crippen LogP contribution in [0.4, 0.5) is 0 Å². The van der Waals surface area contributed by atoms with E-state index in [2.05, 4.69) is 6.92 Å². The third-order valence-corrected chi connectivity index (χ3v) is 5.75. The van der Waals surface area contributed by atoms with Crippen molar-refractivity contribution in [2.75, 3.05) is 6.54 Å². The number of amides is 1. The molecule has 1 saturated carbocycles. The molecule has 4 nitrogen and oxygen atoms in total. The first-order valence-corrected chi connectivity index (χ1v) is 8.54. The molecular formula is C16H21NO3S.